The van der Waals surface area contributed by atoms with Gasteiger partial charge in [0, 0.05) is 18.8 Å². The average molecular weight is 473 g/mol. The van der Waals surface area contributed by atoms with E-state index in [4.69, 9.17) is 0 Å². The van der Waals surface area contributed by atoms with Gasteiger partial charge in [0.1, 0.15) is 0 Å². The molecule has 1 saturated heterocycles. The van der Waals surface area contributed by atoms with Crippen molar-refractivity contribution in [2.24, 2.45) is 0 Å². The van der Waals surface area contributed by atoms with Gasteiger partial charge in [0.05, 0.1) is 15.8 Å². The second-order valence-electron chi connectivity index (χ2n) is 7.59. The fraction of sp³-hybridized carbons (Fsp3) is 0.333. The monoisotopic (exact) mass is 472 g/mol. The summed E-state index contributed by atoms with van der Waals surface area (Å²) in [5.41, 5.74) is 2.47. The van der Waals surface area contributed by atoms with E-state index in [0.717, 1.165) is 24.1 Å². The van der Waals surface area contributed by atoms with E-state index in [-0.39, 0.29) is 10.8 Å². The Balaban J connectivity index is 1.40. The number of aromatic nitrogens is 4. The lowest BCUT2D eigenvalue weighted by atomic mass is 10.2. The van der Waals surface area contributed by atoms with Gasteiger partial charge in [0.25, 0.3) is 0 Å². The van der Waals surface area contributed by atoms with Crippen LogP contribution >= 0.6 is 11.8 Å². The third-order valence-electron chi connectivity index (χ3n) is 5.20. The molecule has 168 valence electrons. The van der Waals surface area contributed by atoms with Crippen LogP contribution in [0.3, 0.4) is 0 Å². The molecule has 0 saturated carbocycles. The van der Waals surface area contributed by atoms with E-state index in [2.05, 4.69) is 20.8 Å². The molecule has 9 nitrogen and oxygen atoms in total. The quantitative estimate of drug-likeness (QED) is 0.527. The van der Waals surface area contributed by atoms with Crippen LogP contribution in [0.1, 0.15) is 25.3 Å². The fourth-order valence-electron chi connectivity index (χ4n) is 3.34. The molecule has 0 radical (unpaired) electrons. The number of aryl methyl sites for hydroxylation is 1. The summed E-state index contributed by atoms with van der Waals surface area (Å²) in [6.07, 6.45) is 1.77. The minimum absolute atomic E-state index is 0.233. The highest BCUT2D eigenvalue weighted by Gasteiger charge is 2.27. The first-order valence-electron chi connectivity index (χ1n) is 10.3. The molecular formula is C21H24N6O3S2. The molecule has 1 atom stereocenters. The standard InChI is InChI=1S/C21H24N6O3S2/c1-15-5-9-18(10-6-15)27-21(23-24-25-27)31-16(2)20(28)22-17-7-11-19(12-8-17)32(29,30)26-13-3-4-14-26/h5-12,16H,3-4,13-14H2,1-2H3,(H,22,28). The van der Waals surface area contributed by atoms with Gasteiger partial charge in [-0.1, -0.05) is 29.5 Å². The van der Waals surface area contributed by atoms with Crippen LogP contribution in [-0.4, -0.2) is 57.2 Å². The molecule has 0 aliphatic carbocycles. The predicted octanol–water partition coefficient (Wildman–Crippen LogP) is 2.87. The molecular weight excluding hydrogens is 448 g/mol. The van der Waals surface area contributed by atoms with Crippen molar-refractivity contribution in [1.29, 1.82) is 0 Å². The maximum atomic E-state index is 12.7. The second-order valence-corrected chi connectivity index (χ2v) is 10.8. The number of carbonyl (C=O) groups is 1. The molecule has 4 rings (SSSR count). The van der Waals surface area contributed by atoms with E-state index in [1.165, 1.54) is 28.2 Å². The summed E-state index contributed by atoms with van der Waals surface area (Å²) >= 11 is 1.24. The molecule has 1 aliphatic heterocycles. The van der Waals surface area contributed by atoms with E-state index >= 15 is 0 Å². The smallest absolute Gasteiger partial charge is 0.243 e. The Kier molecular flexibility index (Phi) is 6.58. The maximum absolute atomic E-state index is 12.7. The van der Waals surface area contributed by atoms with E-state index in [0.29, 0.717) is 23.9 Å². The number of tetrazole rings is 1. The molecule has 11 heteroatoms. The Labute approximate surface area is 191 Å². The SMILES string of the molecule is Cc1ccc(-n2nnnc2SC(C)C(=O)Nc2ccc(S(=O)(=O)N3CCCC3)cc2)cc1. The number of nitrogens with one attached hydrogen (secondary N) is 1. The van der Waals surface area contributed by atoms with Gasteiger partial charge in [-0.05, 0) is 73.5 Å². The number of hydrogen-bond donors (Lipinski definition) is 1. The molecule has 1 amide bonds. The van der Waals surface area contributed by atoms with Gasteiger partial charge < -0.3 is 5.32 Å². The number of nitrogens with zero attached hydrogens (tertiary/aromatic N) is 5. The van der Waals surface area contributed by atoms with Crippen molar-refractivity contribution < 1.29 is 13.2 Å². The Morgan fingerprint density at radius 1 is 1.06 bits per heavy atom. The van der Waals surface area contributed by atoms with Gasteiger partial charge in [-0.2, -0.15) is 8.99 Å². The lowest BCUT2D eigenvalue weighted by Crippen LogP contribution is -2.27. The first-order valence-corrected chi connectivity index (χ1v) is 12.6. The zero-order valence-electron chi connectivity index (χ0n) is 17.8. The number of rotatable bonds is 7. The molecule has 1 unspecified atom stereocenters. The summed E-state index contributed by atoms with van der Waals surface area (Å²) in [6, 6.07) is 14.0. The Morgan fingerprint density at radius 3 is 2.38 bits per heavy atom. The zero-order valence-corrected chi connectivity index (χ0v) is 19.4. The number of sulfonamides is 1. The van der Waals surface area contributed by atoms with Crippen molar-refractivity contribution in [3.05, 3.63) is 54.1 Å². The van der Waals surface area contributed by atoms with Crippen LogP contribution in [0.5, 0.6) is 0 Å². The molecule has 2 heterocycles. The summed E-state index contributed by atoms with van der Waals surface area (Å²) < 4.78 is 28.4. The van der Waals surface area contributed by atoms with E-state index < -0.39 is 15.3 Å². The number of carbonyl (C=O) groups excluding carboxylic acids is 1. The molecule has 1 fully saturated rings. The molecule has 3 aromatic rings. The first kappa shape index (κ1) is 22.4. The lowest BCUT2D eigenvalue weighted by Gasteiger charge is -2.16. The molecule has 32 heavy (non-hydrogen) atoms. The Morgan fingerprint density at radius 2 is 1.72 bits per heavy atom. The van der Waals surface area contributed by atoms with E-state index in [9.17, 15) is 13.2 Å². The van der Waals surface area contributed by atoms with Crippen LogP contribution < -0.4 is 5.32 Å². The molecule has 0 bridgehead atoms. The maximum Gasteiger partial charge on any atom is 0.243 e. The zero-order chi connectivity index (χ0) is 22.7. The van der Waals surface area contributed by atoms with Crippen molar-refractivity contribution in [3.63, 3.8) is 0 Å². The van der Waals surface area contributed by atoms with Crippen molar-refractivity contribution in [2.45, 2.75) is 42.0 Å². The highest BCUT2D eigenvalue weighted by molar-refractivity contribution is 8.00. The normalized spacial score (nSPS) is 15.6. The van der Waals surface area contributed by atoms with Gasteiger partial charge in [-0.3, -0.25) is 4.79 Å². The third-order valence-corrected chi connectivity index (χ3v) is 8.14. The Hall–Kier alpha value is -2.76. The minimum Gasteiger partial charge on any atom is -0.325 e. The topological polar surface area (TPSA) is 110 Å². The van der Waals surface area contributed by atoms with Crippen molar-refractivity contribution in [2.75, 3.05) is 18.4 Å². The number of amides is 1. The average Bonchev–Trinajstić information content (AvgIpc) is 3.47. The predicted molar refractivity (Wildman–Crippen MR) is 122 cm³/mol. The highest BCUT2D eigenvalue weighted by Crippen LogP contribution is 2.25. The lowest BCUT2D eigenvalue weighted by molar-refractivity contribution is -0.115. The number of anilines is 1. The molecule has 2 aromatic carbocycles. The van der Waals surface area contributed by atoms with Crippen molar-refractivity contribution >= 4 is 33.4 Å². The van der Waals surface area contributed by atoms with Crippen molar-refractivity contribution in [1.82, 2.24) is 24.5 Å². The van der Waals surface area contributed by atoms with Crippen LogP contribution in [0.4, 0.5) is 5.69 Å². The van der Waals surface area contributed by atoms with Gasteiger partial charge >= 0.3 is 0 Å². The van der Waals surface area contributed by atoms with Gasteiger partial charge in [0.2, 0.25) is 21.1 Å². The summed E-state index contributed by atoms with van der Waals surface area (Å²) in [7, 11) is -3.48. The van der Waals surface area contributed by atoms with Gasteiger partial charge in [-0.25, -0.2) is 8.42 Å². The largest absolute Gasteiger partial charge is 0.325 e. The second kappa shape index (κ2) is 9.39. The van der Waals surface area contributed by atoms with E-state index in [1.54, 1.807) is 23.7 Å². The fourth-order valence-corrected chi connectivity index (χ4v) is 5.67. The number of hydrogen-bond acceptors (Lipinski definition) is 7. The van der Waals surface area contributed by atoms with E-state index in [1.807, 2.05) is 31.2 Å². The molecule has 1 aliphatic rings. The van der Waals surface area contributed by atoms with Crippen LogP contribution in [0.25, 0.3) is 5.69 Å². The summed E-state index contributed by atoms with van der Waals surface area (Å²) in [4.78, 5) is 12.9. The summed E-state index contributed by atoms with van der Waals surface area (Å²) in [6.45, 7) is 4.87. The summed E-state index contributed by atoms with van der Waals surface area (Å²) in [5.74, 6) is -0.233. The number of thioether (sulfide) groups is 1. The molecule has 1 N–H and O–H groups in total. The minimum atomic E-state index is -3.48. The third kappa shape index (κ3) is 4.84. The Bertz CT molecular complexity index is 1190. The van der Waals surface area contributed by atoms with Crippen LogP contribution in [0.15, 0.2) is 58.6 Å². The highest BCUT2D eigenvalue weighted by atomic mass is 32.2. The van der Waals surface area contributed by atoms with Crippen molar-refractivity contribution in [3.8, 4) is 5.69 Å². The first-order chi connectivity index (χ1) is 15.3. The number of benzene rings is 2. The van der Waals surface area contributed by atoms with Gasteiger partial charge in [0.15, 0.2) is 0 Å². The van der Waals surface area contributed by atoms with Crippen LogP contribution in [0.2, 0.25) is 0 Å². The molecule has 1 aromatic heterocycles. The van der Waals surface area contributed by atoms with Gasteiger partial charge in [-0.15, -0.1) is 5.10 Å². The summed E-state index contributed by atoms with van der Waals surface area (Å²) in [5, 5.41) is 14.6. The van der Waals surface area contributed by atoms with Crippen LogP contribution in [-0.2, 0) is 14.8 Å². The molecule has 0 spiro atoms. The van der Waals surface area contributed by atoms with Crippen LogP contribution in [0, 0.1) is 6.92 Å².